The largest absolute Gasteiger partial charge is 0.493 e. The van der Waals surface area contributed by atoms with Crippen molar-refractivity contribution in [1.82, 2.24) is 0 Å². The topological polar surface area (TPSA) is 21.3 Å². The van der Waals surface area contributed by atoms with Crippen molar-refractivity contribution in [2.24, 2.45) is 0 Å². The molecule has 0 bridgehead atoms. The number of aryl methyl sites for hydroxylation is 1. The van der Waals surface area contributed by atoms with Crippen LogP contribution in [0.15, 0.2) is 72.8 Å². The van der Waals surface area contributed by atoms with Crippen molar-refractivity contribution in [3.05, 3.63) is 94.5 Å². The molecule has 0 aliphatic carbocycles. The predicted molar refractivity (Wildman–Crippen MR) is 106 cm³/mol. The number of ether oxygens (including phenoxy) is 1. The van der Waals surface area contributed by atoms with E-state index in [0.717, 1.165) is 28.4 Å². The molecule has 0 spiro atoms. The van der Waals surface area contributed by atoms with E-state index >= 15 is 0 Å². The fraction of sp³-hybridized carbons (Fsp3) is 0.182. The first-order chi connectivity index (χ1) is 12.2. The summed E-state index contributed by atoms with van der Waals surface area (Å²) in [5.41, 5.74) is 4.64. The van der Waals surface area contributed by atoms with Crippen molar-refractivity contribution in [2.75, 3.05) is 11.9 Å². The number of nitrogens with one attached hydrogen (secondary N) is 1. The first kappa shape index (κ1) is 17.4. The van der Waals surface area contributed by atoms with Crippen LogP contribution in [-0.2, 0) is 13.0 Å². The molecule has 0 saturated heterocycles. The standard InChI is InChI=1S/C22H22ClNO/c1-17-11-12-20(23)15-21(17)24-16-19-9-5-6-10-22(19)25-14-13-18-7-3-2-4-8-18/h2-12,15,24H,13-14,16H2,1H3. The lowest BCUT2D eigenvalue weighted by molar-refractivity contribution is 0.319. The van der Waals surface area contributed by atoms with E-state index in [0.29, 0.717) is 13.2 Å². The molecule has 0 aliphatic heterocycles. The van der Waals surface area contributed by atoms with Gasteiger partial charge in [0.15, 0.2) is 0 Å². The second-order valence-corrected chi connectivity index (χ2v) is 6.44. The van der Waals surface area contributed by atoms with Gasteiger partial charge in [-0.15, -0.1) is 0 Å². The molecule has 3 heteroatoms. The van der Waals surface area contributed by atoms with E-state index in [1.54, 1.807) is 0 Å². The summed E-state index contributed by atoms with van der Waals surface area (Å²) in [5, 5.41) is 4.19. The molecule has 0 aliphatic rings. The van der Waals surface area contributed by atoms with E-state index < -0.39 is 0 Å². The van der Waals surface area contributed by atoms with Gasteiger partial charge >= 0.3 is 0 Å². The third-order valence-corrected chi connectivity index (χ3v) is 4.37. The molecular formula is C22H22ClNO. The Morgan fingerprint density at radius 2 is 1.68 bits per heavy atom. The molecule has 3 aromatic rings. The summed E-state index contributed by atoms with van der Waals surface area (Å²) >= 11 is 6.09. The summed E-state index contributed by atoms with van der Waals surface area (Å²) in [6.45, 7) is 3.43. The fourth-order valence-electron chi connectivity index (χ4n) is 2.69. The number of hydrogen-bond donors (Lipinski definition) is 1. The molecule has 2 nitrogen and oxygen atoms in total. The van der Waals surface area contributed by atoms with E-state index in [9.17, 15) is 0 Å². The van der Waals surface area contributed by atoms with E-state index in [1.165, 1.54) is 11.1 Å². The van der Waals surface area contributed by atoms with Crippen LogP contribution >= 0.6 is 11.6 Å². The third kappa shape index (κ3) is 5.01. The minimum absolute atomic E-state index is 0.664. The lowest BCUT2D eigenvalue weighted by atomic mass is 10.1. The van der Waals surface area contributed by atoms with Crippen LogP contribution in [0, 0.1) is 6.92 Å². The Balaban J connectivity index is 1.61. The molecule has 0 fully saturated rings. The van der Waals surface area contributed by atoms with Gasteiger partial charge < -0.3 is 10.1 Å². The zero-order chi connectivity index (χ0) is 17.5. The highest BCUT2D eigenvalue weighted by molar-refractivity contribution is 6.30. The van der Waals surface area contributed by atoms with E-state index in [4.69, 9.17) is 16.3 Å². The van der Waals surface area contributed by atoms with Gasteiger partial charge in [0.25, 0.3) is 0 Å². The Morgan fingerprint density at radius 1 is 0.920 bits per heavy atom. The minimum Gasteiger partial charge on any atom is -0.493 e. The molecule has 1 N–H and O–H groups in total. The Labute approximate surface area is 154 Å². The Kier molecular flexibility index (Phi) is 5.97. The number of anilines is 1. The van der Waals surface area contributed by atoms with Crippen LogP contribution in [0.5, 0.6) is 5.75 Å². The zero-order valence-corrected chi connectivity index (χ0v) is 15.1. The van der Waals surface area contributed by atoms with E-state index in [2.05, 4.69) is 42.6 Å². The van der Waals surface area contributed by atoms with Crippen LogP contribution in [0.3, 0.4) is 0 Å². The summed E-state index contributed by atoms with van der Waals surface area (Å²) in [6, 6.07) is 24.4. The van der Waals surface area contributed by atoms with Crippen molar-refractivity contribution in [2.45, 2.75) is 19.9 Å². The van der Waals surface area contributed by atoms with Crippen LogP contribution in [0.4, 0.5) is 5.69 Å². The molecule has 0 unspecified atom stereocenters. The van der Waals surface area contributed by atoms with Crippen LogP contribution < -0.4 is 10.1 Å². The Bertz CT molecular complexity index is 817. The lowest BCUT2D eigenvalue weighted by Gasteiger charge is -2.14. The molecule has 3 aromatic carbocycles. The molecule has 0 atom stereocenters. The maximum absolute atomic E-state index is 6.09. The first-order valence-corrected chi connectivity index (χ1v) is 8.85. The van der Waals surface area contributed by atoms with Gasteiger partial charge in [-0.3, -0.25) is 0 Å². The molecule has 0 saturated carbocycles. The Hall–Kier alpha value is -2.45. The average molecular weight is 352 g/mol. The third-order valence-electron chi connectivity index (χ3n) is 4.13. The van der Waals surface area contributed by atoms with Gasteiger partial charge in [0.05, 0.1) is 6.61 Å². The van der Waals surface area contributed by atoms with E-state index in [-0.39, 0.29) is 0 Å². The summed E-state index contributed by atoms with van der Waals surface area (Å²) in [7, 11) is 0. The SMILES string of the molecule is Cc1ccc(Cl)cc1NCc1ccccc1OCCc1ccccc1. The lowest BCUT2D eigenvalue weighted by Crippen LogP contribution is -2.06. The fourth-order valence-corrected chi connectivity index (χ4v) is 2.86. The summed E-state index contributed by atoms with van der Waals surface area (Å²) in [6.07, 6.45) is 0.899. The number of para-hydroxylation sites is 1. The van der Waals surface area contributed by atoms with Gasteiger partial charge in [-0.1, -0.05) is 66.2 Å². The highest BCUT2D eigenvalue weighted by Crippen LogP contribution is 2.23. The van der Waals surface area contributed by atoms with Crippen molar-refractivity contribution in [1.29, 1.82) is 0 Å². The van der Waals surface area contributed by atoms with Crippen LogP contribution in [0.25, 0.3) is 0 Å². The second-order valence-electron chi connectivity index (χ2n) is 6.00. The molecule has 0 radical (unpaired) electrons. The van der Waals surface area contributed by atoms with Crippen molar-refractivity contribution in [3.8, 4) is 5.75 Å². The molecule has 0 heterocycles. The van der Waals surface area contributed by atoms with Gasteiger partial charge in [0, 0.05) is 29.2 Å². The Morgan fingerprint density at radius 3 is 2.52 bits per heavy atom. The van der Waals surface area contributed by atoms with Crippen molar-refractivity contribution < 1.29 is 4.74 Å². The monoisotopic (exact) mass is 351 g/mol. The quantitative estimate of drug-likeness (QED) is 0.573. The highest BCUT2D eigenvalue weighted by Gasteiger charge is 2.05. The molecule has 25 heavy (non-hydrogen) atoms. The van der Waals surface area contributed by atoms with E-state index in [1.807, 2.05) is 42.5 Å². The minimum atomic E-state index is 0.664. The molecule has 3 rings (SSSR count). The predicted octanol–water partition coefficient (Wildman–Crippen LogP) is 5.88. The molecule has 0 amide bonds. The normalized spacial score (nSPS) is 10.5. The number of hydrogen-bond acceptors (Lipinski definition) is 2. The van der Waals surface area contributed by atoms with Gasteiger partial charge in [-0.05, 0) is 36.2 Å². The molecular weight excluding hydrogens is 330 g/mol. The molecule has 128 valence electrons. The van der Waals surface area contributed by atoms with Gasteiger partial charge in [0.2, 0.25) is 0 Å². The second kappa shape index (κ2) is 8.59. The van der Waals surface area contributed by atoms with Crippen LogP contribution in [-0.4, -0.2) is 6.61 Å². The average Bonchev–Trinajstić information content (AvgIpc) is 2.64. The summed E-state index contributed by atoms with van der Waals surface area (Å²) < 4.78 is 6.02. The van der Waals surface area contributed by atoms with Gasteiger partial charge in [-0.25, -0.2) is 0 Å². The highest BCUT2D eigenvalue weighted by atomic mass is 35.5. The number of halogens is 1. The summed E-state index contributed by atoms with van der Waals surface area (Å²) in [4.78, 5) is 0. The maximum Gasteiger partial charge on any atom is 0.124 e. The van der Waals surface area contributed by atoms with Crippen molar-refractivity contribution in [3.63, 3.8) is 0 Å². The first-order valence-electron chi connectivity index (χ1n) is 8.47. The van der Waals surface area contributed by atoms with Gasteiger partial charge in [0.1, 0.15) is 5.75 Å². The van der Waals surface area contributed by atoms with Gasteiger partial charge in [-0.2, -0.15) is 0 Å². The smallest absolute Gasteiger partial charge is 0.124 e. The van der Waals surface area contributed by atoms with Crippen LogP contribution in [0.2, 0.25) is 5.02 Å². The number of rotatable bonds is 7. The molecule has 0 aromatic heterocycles. The number of benzene rings is 3. The van der Waals surface area contributed by atoms with Crippen LogP contribution in [0.1, 0.15) is 16.7 Å². The maximum atomic E-state index is 6.09. The van der Waals surface area contributed by atoms with Crippen molar-refractivity contribution >= 4 is 17.3 Å². The summed E-state index contributed by atoms with van der Waals surface area (Å²) in [5.74, 6) is 0.922. The zero-order valence-electron chi connectivity index (χ0n) is 14.3.